The van der Waals surface area contributed by atoms with Crippen LogP contribution in [0.15, 0.2) is 0 Å². The van der Waals surface area contributed by atoms with Gasteiger partial charge < -0.3 is 20.7 Å². The zero-order valence-corrected chi connectivity index (χ0v) is 11.1. The summed E-state index contributed by atoms with van der Waals surface area (Å²) in [7, 11) is 0. The van der Waals surface area contributed by atoms with Gasteiger partial charge in [0.15, 0.2) is 0 Å². The third kappa shape index (κ3) is 4.52. The Balaban J connectivity index is 2.45. The minimum atomic E-state index is -0.332. The van der Waals surface area contributed by atoms with E-state index >= 15 is 0 Å². The lowest BCUT2D eigenvalue weighted by atomic mass is 9.97. The Morgan fingerprint density at radius 3 is 2.83 bits per heavy atom. The molecule has 104 valence electrons. The van der Waals surface area contributed by atoms with Crippen LogP contribution in [0, 0.1) is 5.92 Å². The number of nitrogens with two attached hydrogens (primary N) is 1. The first-order chi connectivity index (χ1) is 8.54. The topological polar surface area (TPSA) is 84.7 Å². The van der Waals surface area contributed by atoms with E-state index in [1.807, 2.05) is 13.8 Å². The van der Waals surface area contributed by atoms with Crippen LogP contribution in [0.4, 0.5) is 4.79 Å². The zero-order valence-electron chi connectivity index (χ0n) is 11.1. The summed E-state index contributed by atoms with van der Waals surface area (Å²) in [6.45, 7) is 5.62. The van der Waals surface area contributed by atoms with Crippen molar-refractivity contribution in [2.45, 2.75) is 32.8 Å². The quantitative estimate of drug-likeness (QED) is 0.759. The van der Waals surface area contributed by atoms with Gasteiger partial charge in [0, 0.05) is 26.2 Å². The Labute approximate surface area is 108 Å². The van der Waals surface area contributed by atoms with E-state index in [9.17, 15) is 9.59 Å². The molecule has 0 radical (unpaired) electrons. The number of carbonyl (C=O) groups excluding carboxylic acids is 2. The number of hydrogen-bond acceptors (Lipinski definition) is 4. The van der Waals surface area contributed by atoms with Crippen LogP contribution < -0.4 is 11.1 Å². The Hall–Kier alpha value is -1.30. The summed E-state index contributed by atoms with van der Waals surface area (Å²) >= 11 is 0. The van der Waals surface area contributed by atoms with E-state index in [0.717, 1.165) is 12.8 Å². The number of ether oxygens (including phenoxy) is 1. The van der Waals surface area contributed by atoms with Gasteiger partial charge in [0.25, 0.3) is 0 Å². The molecule has 1 aliphatic heterocycles. The molecule has 0 spiro atoms. The molecule has 1 unspecified atom stereocenters. The molecule has 0 aromatic heterocycles. The number of hydrogen-bond donors (Lipinski definition) is 2. The number of carbonyl (C=O) groups is 2. The van der Waals surface area contributed by atoms with Gasteiger partial charge in [0.1, 0.15) is 0 Å². The van der Waals surface area contributed by atoms with Gasteiger partial charge >= 0.3 is 6.09 Å². The number of piperidine rings is 1. The van der Waals surface area contributed by atoms with Crippen molar-refractivity contribution in [2.75, 3.05) is 26.2 Å². The molecule has 1 heterocycles. The van der Waals surface area contributed by atoms with Crippen molar-refractivity contribution in [1.82, 2.24) is 10.2 Å². The predicted octanol–water partition coefficient (Wildman–Crippen LogP) is 0.318. The molecule has 6 nitrogen and oxygen atoms in total. The average Bonchev–Trinajstić information content (AvgIpc) is 2.35. The van der Waals surface area contributed by atoms with E-state index in [2.05, 4.69) is 5.32 Å². The lowest BCUT2D eigenvalue weighted by molar-refractivity contribution is -0.126. The van der Waals surface area contributed by atoms with Gasteiger partial charge in [-0.1, -0.05) is 0 Å². The van der Waals surface area contributed by atoms with Crippen molar-refractivity contribution in [2.24, 2.45) is 11.7 Å². The molecular formula is C12H23N3O3. The van der Waals surface area contributed by atoms with Gasteiger partial charge in [-0.05, 0) is 26.7 Å². The Morgan fingerprint density at radius 2 is 2.22 bits per heavy atom. The fourth-order valence-corrected chi connectivity index (χ4v) is 1.97. The van der Waals surface area contributed by atoms with Crippen LogP contribution in [0.2, 0.25) is 0 Å². The van der Waals surface area contributed by atoms with Gasteiger partial charge in [0.2, 0.25) is 5.91 Å². The van der Waals surface area contributed by atoms with Crippen molar-refractivity contribution in [1.29, 1.82) is 0 Å². The zero-order chi connectivity index (χ0) is 13.5. The third-order valence-corrected chi connectivity index (χ3v) is 2.83. The standard InChI is InChI=1S/C12H23N3O3/c1-9(2)18-12(17)15-7-3-4-10(8-15)11(16)14-6-5-13/h9-10H,3-8,13H2,1-2H3,(H,14,16). The molecular weight excluding hydrogens is 234 g/mol. The van der Waals surface area contributed by atoms with Crippen molar-refractivity contribution in [3.8, 4) is 0 Å². The first kappa shape index (κ1) is 14.8. The maximum atomic E-state index is 11.8. The number of amides is 2. The van der Waals surface area contributed by atoms with Crippen LogP contribution in [0.5, 0.6) is 0 Å². The fraction of sp³-hybridized carbons (Fsp3) is 0.833. The van der Waals surface area contributed by atoms with Crippen molar-refractivity contribution in [3.63, 3.8) is 0 Å². The van der Waals surface area contributed by atoms with E-state index in [1.54, 1.807) is 4.90 Å². The van der Waals surface area contributed by atoms with Crippen LogP contribution in [-0.2, 0) is 9.53 Å². The molecule has 3 N–H and O–H groups in total. The summed E-state index contributed by atoms with van der Waals surface area (Å²) in [6, 6.07) is 0. The molecule has 1 atom stereocenters. The average molecular weight is 257 g/mol. The van der Waals surface area contributed by atoms with E-state index in [1.165, 1.54) is 0 Å². The summed E-state index contributed by atoms with van der Waals surface area (Å²) in [6.07, 6.45) is 1.17. The molecule has 0 aromatic carbocycles. The molecule has 1 fully saturated rings. The largest absolute Gasteiger partial charge is 0.447 e. The summed E-state index contributed by atoms with van der Waals surface area (Å²) < 4.78 is 5.13. The van der Waals surface area contributed by atoms with Crippen molar-refractivity contribution >= 4 is 12.0 Å². The second-order valence-electron chi connectivity index (χ2n) is 4.80. The van der Waals surface area contributed by atoms with Crippen LogP contribution in [-0.4, -0.2) is 49.2 Å². The Bertz CT molecular complexity index is 294. The molecule has 1 aliphatic rings. The molecule has 1 saturated heterocycles. The van der Waals surface area contributed by atoms with Crippen molar-refractivity contribution in [3.05, 3.63) is 0 Å². The van der Waals surface area contributed by atoms with Gasteiger partial charge in [-0.2, -0.15) is 0 Å². The second-order valence-corrected chi connectivity index (χ2v) is 4.80. The summed E-state index contributed by atoms with van der Waals surface area (Å²) in [5.41, 5.74) is 5.34. The number of rotatable bonds is 4. The maximum absolute atomic E-state index is 11.8. The Morgan fingerprint density at radius 1 is 1.50 bits per heavy atom. The highest BCUT2D eigenvalue weighted by Gasteiger charge is 2.29. The summed E-state index contributed by atoms with van der Waals surface area (Å²) in [4.78, 5) is 25.2. The number of likely N-dealkylation sites (tertiary alicyclic amines) is 1. The Kier molecular flexibility index (Phi) is 5.91. The third-order valence-electron chi connectivity index (χ3n) is 2.83. The maximum Gasteiger partial charge on any atom is 0.410 e. The lowest BCUT2D eigenvalue weighted by Crippen LogP contribution is -2.46. The van der Waals surface area contributed by atoms with E-state index < -0.39 is 0 Å². The first-order valence-electron chi connectivity index (χ1n) is 6.48. The van der Waals surface area contributed by atoms with Crippen LogP contribution in [0.3, 0.4) is 0 Å². The molecule has 0 aliphatic carbocycles. The predicted molar refractivity (Wildman–Crippen MR) is 68.0 cm³/mol. The molecule has 18 heavy (non-hydrogen) atoms. The summed E-state index contributed by atoms with van der Waals surface area (Å²) in [5.74, 6) is -0.174. The normalized spacial score (nSPS) is 19.8. The molecule has 0 saturated carbocycles. The molecule has 6 heteroatoms. The number of nitrogens with zero attached hydrogens (tertiary/aromatic N) is 1. The monoisotopic (exact) mass is 257 g/mol. The fourth-order valence-electron chi connectivity index (χ4n) is 1.97. The van der Waals surface area contributed by atoms with E-state index in [4.69, 9.17) is 10.5 Å². The molecule has 1 rings (SSSR count). The minimum Gasteiger partial charge on any atom is -0.447 e. The lowest BCUT2D eigenvalue weighted by Gasteiger charge is -2.31. The minimum absolute atomic E-state index is 0.0255. The van der Waals surface area contributed by atoms with Crippen molar-refractivity contribution < 1.29 is 14.3 Å². The second kappa shape index (κ2) is 7.20. The van der Waals surface area contributed by atoms with Crippen LogP contribution in [0.1, 0.15) is 26.7 Å². The van der Waals surface area contributed by atoms with Gasteiger partial charge in [0.05, 0.1) is 12.0 Å². The van der Waals surface area contributed by atoms with E-state index in [0.29, 0.717) is 26.2 Å². The summed E-state index contributed by atoms with van der Waals surface area (Å²) in [5, 5.41) is 2.76. The van der Waals surface area contributed by atoms with Crippen LogP contribution >= 0.6 is 0 Å². The van der Waals surface area contributed by atoms with E-state index in [-0.39, 0.29) is 24.0 Å². The molecule has 0 aromatic rings. The molecule has 2 amide bonds. The number of nitrogens with one attached hydrogen (secondary N) is 1. The highest BCUT2D eigenvalue weighted by molar-refractivity contribution is 5.80. The molecule has 0 bridgehead atoms. The smallest absolute Gasteiger partial charge is 0.410 e. The SMILES string of the molecule is CC(C)OC(=O)N1CCCC(C(=O)NCCN)C1. The van der Waals surface area contributed by atoms with Crippen LogP contribution in [0.25, 0.3) is 0 Å². The van der Waals surface area contributed by atoms with Gasteiger partial charge in [-0.15, -0.1) is 0 Å². The highest BCUT2D eigenvalue weighted by Crippen LogP contribution is 2.17. The highest BCUT2D eigenvalue weighted by atomic mass is 16.6. The van der Waals surface area contributed by atoms with Gasteiger partial charge in [-0.3, -0.25) is 4.79 Å². The van der Waals surface area contributed by atoms with Gasteiger partial charge in [-0.25, -0.2) is 4.79 Å². The first-order valence-corrected chi connectivity index (χ1v) is 6.48.